The van der Waals surface area contributed by atoms with E-state index in [0.29, 0.717) is 0 Å². The molecule has 0 bridgehead atoms. The molecule has 24 heavy (non-hydrogen) atoms. The van der Waals surface area contributed by atoms with Gasteiger partial charge in [0, 0.05) is 25.3 Å². The summed E-state index contributed by atoms with van der Waals surface area (Å²) in [6.45, 7) is 8.94. The van der Waals surface area contributed by atoms with Crippen molar-refractivity contribution in [1.82, 2.24) is 10.6 Å². The Hall–Kier alpha value is -2.42. The van der Waals surface area contributed by atoms with Crippen molar-refractivity contribution < 1.29 is 0 Å². The molecule has 0 saturated heterocycles. The normalized spacial score (nSPS) is 12.9. The van der Waals surface area contributed by atoms with Gasteiger partial charge in [0.05, 0.1) is 5.82 Å². The van der Waals surface area contributed by atoms with Gasteiger partial charge in [-0.25, -0.2) is 0 Å². The second kappa shape index (κ2) is 7.91. The fourth-order valence-corrected chi connectivity index (χ4v) is 3.00. The number of hydrogen-bond donors (Lipinski definition) is 3. The lowest BCUT2D eigenvalue weighted by atomic mass is 10.0. The summed E-state index contributed by atoms with van der Waals surface area (Å²) < 4.78 is 0. The minimum Gasteiger partial charge on any atom is -0.385 e. The van der Waals surface area contributed by atoms with Crippen LogP contribution in [0.25, 0.3) is 0 Å². The molecule has 0 aromatic heterocycles. The molecule has 0 saturated carbocycles. The Balaban J connectivity index is 1.41. The molecule has 0 fully saturated rings. The molecule has 2 aromatic carbocycles. The average molecular weight is 321 g/mol. The number of rotatable bonds is 7. The standard InChI is InChI=1S/C21H27N3/c1-16-5-7-19(8-6-16)15-24-17(2)22-13-11-18-9-10-20-4-3-12-23-21(20)14-18/h5-10,14,22-24H,2-4,11-13,15H2,1H3. The van der Waals surface area contributed by atoms with E-state index < -0.39 is 0 Å². The highest BCUT2D eigenvalue weighted by Crippen LogP contribution is 2.23. The Labute approximate surface area is 145 Å². The minimum absolute atomic E-state index is 0.800. The number of nitrogens with one attached hydrogen (secondary N) is 3. The predicted octanol–water partition coefficient (Wildman–Crippen LogP) is 3.75. The topological polar surface area (TPSA) is 36.1 Å². The van der Waals surface area contributed by atoms with Crippen LogP contribution in [-0.2, 0) is 19.4 Å². The van der Waals surface area contributed by atoms with E-state index in [-0.39, 0.29) is 0 Å². The Morgan fingerprint density at radius 2 is 1.88 bits per heavy atom. The highest BCUT2D eigenvalue weighted by Gasteiger charge is 2.08. The molecular weight excluding hydrogens is 294 g/mol. The minimum atomic E-state index is 0.800. The Morgan fingerprint density at radius 1 is 1.08 bits per heavy atom. The number of anilines is 1. The number of hydrogen-bond acceptors (Lipinski definition) is 3. The molecule has 3 rings (SSSR count). The van der Waals surface area contributed by atoms with Crippen molar-refractivity contribution in [2.45, 2.75) is 32.7 Å². The molecule has 1 aliphatic rings. The fraction of sp³-hybridized carbons (Fsp3) is 0.333. The third kappa shape index (κ3) is 4.54. The van der Waals surface area contributed by atoms with Crippen LogP contribution in [0.2, 0.25) is 0 Å². The summed E-state index contributed by atoms with van der Waals surface area (Å²) in [4.78, 5) is 0. The first-order chi connectivity index (χ1) is 11.7. The van der Waals surface area contributed by atoms with Gasteiger partial charge in [-0.3, -0.25) is 0 Å². The summed E-state index contributed by atoms with van der Waals surface area (Å²) in [5.74, 6) is 0.881. The first-order valence-electron chi connectivity index (χ1n) is 8.78. The average Bonchev–Trinajstić information content (AvgIpc) is 2.61. The highest BCUT2D eigenvalue weighted by atomic mass is 15.1. The maximum Gasteiger partial charge on any atom is 0.0915 e. The van der Waals surface area contributed by atoms with Gasteiger partial charge >= 0.3 is 0 Å². The first-order valence-corrected chi connectivity index (χ1v) is 8.78. The number of fused-ring (bicyclic) bond motifs is 1. The zero-order valence-corrected chi connectivity index (χ0v) is 14.5. The van der Waals surface area contributed by atoms with Gasteiger partial charge in [-0.2, -0.15) is 0 Å². The molecule has 0 amide bonds. The molecule has 0 radical (unpaired) electrons. The van der Waals surface area contributed by atoms with Crippen LogP contribution >= 0.6 is 0 Å². The van der Waals surface area contributed by atoms with Gasteiger partial charge in [0.1, 0.15) is 0 Å². The van der Waals surface area contributed by atoms with Crippen molar-refractivity contribution in [3.8, 4) is 0 Å². The second-order valence-electron chi connectivity index (χ2n) is 6.52. The Bertz CT molecular complexity index is 689. The predicted molar refractivity (Wildman–Crippen MR) is 102 cm³/mol. The first kappa shape index (κ1) is 16.4. The largest absolute Gasteiger partial charge is 0.385 e. The molecule has 3 N–H and O–H groups in total. The van der Waals surface area contributed by atoms with E-state index in [1.807, 2.05) is 0 Å². The summed E-state index contributed by atoms with van der Waals surface area (Å²) in [5, 5.41) is 10.2. The van der Waals surface area contributed by atoms with Crippen LogP contribution in [0.15, 0.2) is 54.9 Å². The number of benzene rings is 2. The van der Waals surface area contributed by atoms with Crippen molar-refractivity contribution in [3.05, 3.63) is 77.1 Å². The maximum absolute atomic E-state index is 4.05. The zero-order chi connectivity index (χ0) is 16.8. The van der Waals surface area contributed by atoms with Crippen molar-refractivity contribution in [3.63, 3.8) is 0 Å². The molecule has 2 aromatic rings. The SMILES string of the molecule is C=C(NCCc1ccc2c(c1)NCCC2)NCc1ccc(C)cc1. The van der Waals surface area contributed by atoms with Crippen LogP contribution in [0.1, 0.15) is 28.7 Å². The van der Waals surface area contributed by atoms with Gasteiger partial charge in [0.2, 0.25) is 0 Å². The molecule has 0 unspecified atom stereocenters. The molecule has 1 aliphatic heterocycles. The lowest BCUT2D eigenvalue weighted by Crippen LogP contribution is -2.26. The molecule has 0 aliphatic carbocycles. The van der Waals surface area contributed by atoms with Crippen molar-refractivity contribution >= 4 is 5.69 Å². The van der Waals surface area contributed by atoms with Crippen LogP contribution in [0.4, 0.5) is 5.69 Å². The summed E-state index contributed by atoms with van der Waals surface area (Å²) in [7, 11) is 0. The lowest BCUT2D eigenvalue weighted by molar-refractivity contribution is 0.681. The van der Waals surface area contributed by atoms with E-state index in [1.54, 1.807) is 0 Å². The fourth-order valence-electron chi connectivity index (χ4n) is 3.00. The van der Waals surface area contributed by atoms with Crippen molar-refractivity contribution in [2.75, 3.05) is 18.4 Å². The summed E-state index contributed by atoms with van der Waals surface area (Å²) in [5.41, 5.74) is 6.68. The van der Waals surface area contributed by atoms with Gasteiger partial charge in [0.25, 0.3) is 0 Å². The van der Waals surface area contributed by atoms with Crippen LogP contribution in [0.5, 0.6) is 0 Å². The van der Waals surface area contributed by atoms with Crippen molar-refractivity contribution in [1.29, 1.82) is 0 Å². The lowest BCUT2D eigenvalue weighted by Gasteiger charge is -2.19. The molecule has 1 heterocycles. The second-order valence-corrected chi connectivity index (χ2v) is 6.52. The van der Waals surface area contributed by atoms with Gasteiger partial charge in [0.15, 0.2) is 0 Å². The Morgan fingerprint density at radius 3 is 2.71 bits per heavy atom. The van der Waals surface area contributed by atoms with Crippen molar-refractivity contribution in [2.24, 2.45) is 0 Å². The van der Waals surface area contributed by atoms with Gasteiger partial charge in [-0.05, 0) is 48.9 Å². The summed E-state index contributed by atoms with van der Waals surface area (Å²) in [6.07, 6.45) is 3.43. The van der Waals surface area contributed by atoms with E-state index in [0.717, 1.165) is 31.9 Å². The van der Waals surface area contributed by atoms with Gasteiger partial charge in [-0.1, -0.05) is 48.5 Å². The third-order valence-electron chi connectivity index (χ3n) is 4.49. The van der Waals surface area contributed by atoms with E-state index >= 15 is 0 Å². The smallest absolute Gasteiger partial charge is 0.0915 e. The van der Waals surface area contributed by atoms with E-state index in [1.165, 1.54) is 40.8 Å². The van der Waals surface area contributed by atoms with Gasteiger partial charge in [-0.15, -0.1) is 0 Å². The molecule has 0 atom stereocenters. The molecular formula is C21H27N3. The maximum atomic E-state index is 4.05. The van der Waals surface area contributed by atoms with Gasteiger partial charge < -0.3 is 16.0 Å². The van der Waals surface area contributed by atoms with Crippen LogP contribution in [0.3, 0.4) is 0 Å². The van der Waals surface area contributed by atoms with Crippen LogP contribution in [0, 0.1) is 6.92 Å². The third-order valence-corrected chi connectivity index (χ3v) is 4.49. The quantitative estimate of drug-likeness (QED) is 0.727. The Kier molecular flexibility index (Phi) is 5.42. The molecule has 0 spiro atoms. The van der Waals surface area contributed by atoms with E-state index in [2.05, 4.69) is 71.9 Å². The molecule has 3 heteroatoms. The van der Waals surface area contributed by atoms with E-state index in [9.17, 15) is 0 Å². The number of aryl methyl sites for hydroxylation is 2. The zero-order valence-electron chi connectivity index (χ0n) is 14.5. The molecule has 3 nitrogen and oxygen atoms in total. The summed E-state index contributed by atoms with van der Waals surface area (Å²) in [6, 6.07) is 15.4. The van der Waals surface area contributed by atoms with Crippen LogP contribution in [-0.4, -0.2) is 13.1 Å². The monoisotopic (exact) mass is 321 g/mol. The van der Waals surface area contributed by atoms with E-state index in [4.69, 9.17) is 0 Å². The summed E-state index contributed by atoms with van der Waals surface area (Å²) >= 11 is 0. The van der Waals surface area contributed by atoms with Crippen LogP contribution < -0.4 is 16.0 Å². The highest BCUT2D eigenvalue weighted by molar-refractivity contribution is 5.54. The molecule has 126 valence electrons.